The van der Waals surface area contributed by atoms with Crippen molar-refractivity contribution in [1.29, 1.82) is 0 Å². The van der Waals surface area contributed by atoms with Crippen molar-refractivity contribution >= 4 is 52.2 Å². The van der Waals surface area contributed by atoms with E-state index in [0.29, 0.717) is 28.3 Å². The number of hydrogen-bond acceptors (Lipinski definition) is 5. The fourth-order valence-electron chi connectivity index (χ4n) is 2.56. The van der Waals surface area contributed by atoms with Crippen LogP contribution in [0.15, 0.2) is 28.9 Å². The first-order chi connectivity index (χ1) is 12.3. The normalized spacial score (nSPS) is 12.0. The van der Waals surface area contributed by atoms with E-state index in [1.54, 1.807) is 6.20 Å². The first-order valence-corrected chi connectivity index (χ1v) is 13.2. The van der Waals surface area contributed by atoms with Crippen LogP contribution >= 0.6 is 27.5 Å². The average molecular weight is 455 g/mol. The summed E-state index contributed by atoms with van der Waals surface area (Å²) >= 11 is 9.45. The lowest BCUT2D eigenvalue weighted by Gasteiger charge is -2.15. The van der Waals surface area contributed by atoms with E-state index in [0.717, 1.165) is 23.6 Å². The summed E-state index contributed by atoms with van der Waals surface area (Å²) < 4.78 is 8.39. The van der Waals surface area contributed by atoms with Crippen LogP contribution in [-0.2, 0) is 11.5 Å². The molecule has 0 fully saturated rings. The Morgan fingerprint density at radius 2 is 2.04 bits per heavy atom. The quantitative estimate of drug-likeness (QED) is 0.250. The summed E-state index contributed by atoms with van der Waals surface area (Å²) in [6, 6.07) is 6.83. The molecular formula is C17H21BrClN5OSi. The highest BCUT2D eigenvalue weighted by Crippen LogP contribution is 2.35. The Hall–Kier alpha value is -1.48. The number of fused-ring (bicyclic) bond motifs is 1. The molecule has 26 heavy (non-hydrogen) atoms. The molecule has 6 nitrogen and oxygen atoms in total. The molecule has 2 N–H and O–H groups in total. The zero-order valence-electron chi connectivity index (χ0n) is 15.0. The zero-order valence-corrected chi connectivity index (χ0v) is 18.3. The number of hydrogen-bond donors (Lipinski definition) is 1. The van der Waals surface area contributed by atoms with Crippen molar-refractivity contribution in [3.05, 3.63) is 34.2 Å². The second kappa shape index (κ2) is 7.64. The zero-order chi connectivity index (χ0) is 18.9. The van der Waals surface area contributed by atoms with Crippen molar-refractivity contribution in [1.82, 2.24) is 19.7 Å². The Morgan fingerprint density at radius 3 is 2.77 bits per heavy atom. The molecular weight excluding hydrogens is 434 g/mol. The minimum atomic E-state index is -1.13. The number of aromatic nitrogens is 4. The van der Waals surface area contributed by atoms with Crippen LogP contribution in [-0.4, -0.2) is 34.4 Å². The van der Waals surface area contributed by atoms with Crippen LogP contribution < -0.4 is 5.73 Å². The largest absolute Gasteiger partial charge is 0.398 e. The Labute approximate surface area is 166 Å². The first-order valence-electron chi connectivity index (χ1n) is 8.27. The van der Waals surface area contributed by atoms with Crippen LogP contribution in [0.5, 0.6) is 0 Å². The number of halogens is 2. The van der Waals surface area contributed by atoms with Crippen LogP contribution in [0.4, 0.5) is 5.69 Å². The Bertz CT molecular complexity index is 941. The molecule has 138 valence electrons. The summed E-state index contributed by atoms with van der Waals surface area (Å²) in [6.45, 7) is 8.07. The second-order valence-electron chi connectivity index (χ2n) is 7.27. The summed E-state index contributed by atoms with van der Waals surface area (Å²) in [5.41, 5.74) is 9.02. The SMILES string of the molecule is C[Si](C)(C)CCOCn1nc(-c2nc(Cl)ncc2Br)c2c(N)cccc21. The molecule has 0 saturated carbocycles. The molecule has 0 amide bonds. The van der Waals surface area contributed by atoms with Gasteiger partial charge in [0.1, 0.15) is 18.1 Å². The predicted octanol–water partition coefficient (Wildman–Crippen LogP) is 4.80. The number of rotatable bonds is 6. The van der Waals surface area contributed by atoms with Gasteiger partial charge >= 0.3 is 0 Å². The van der Waals surface area contributed by atoms with E-state index in [1.807, 2.05) is 22.9 Å². The van der Waals surface area contributed by atoms with Gasteiger partial charge in [-0.05, 0) is 45.7 Å². The molecule has 0 radical (unpaired) electrons. The summed E-state index contributed by atoms with van der Waals surface area (Å²) in [5.74, 6) is 0. The molecule has 0 aliphatic rings. The Kier molecular flexibility index (Phi) is 5.66. The number of anilines is 1. The van der Waals surface area contributed by atoms with E-state index in [1.165, 1.54) is 0 Å². The highest BCUT2D eigenvalue weighted by Gasteiger charge is 2.19. The molecule has 0 bridgehead atoms. The lowest BCUT2D eigenvalue weighted by atomic mass is 10.1. The van der Waals surface area contributed by atoms with Crippen molar-refractivity contribution in [3.8, 4) is 11.4 Å². The number of benzene rings is 1. The maximum absolute atomic E-state index is 6.23. The third kappa shape index (κ3) is 4.25. The second-order valence-corrected chi connectivity index (χ2v) is 14.1. The number of ether oxygens (including phenoxy) is 1. The lowest BCUT2D eigenvalue weighted by molar-refractivity contribution is 0.0818. The predicted molar refractivity (Wildman–Crippen MR) is 112 cm³/mol. The molecule has 0 unspecified atom stereocenters. The third-order valence-electron chi connectivity index (χ3n) is 3.96. The molecule has 0 spiro atoms. The highest BCUT2D eigenvalue weighted by atomic mass is 79.9. The standard InChI is InChI=1S/C17H21BrClN5OSi/c1-26(2,3)8-7-25-10-24-13-6-4-5-12(20)14(13)16(23-24)15-11(18)9-21-17(19)22-15/h4-6,9H,7-8,10,20H2,1-3H3. The van der Waals surface area contributed by atoms with Crippen molar-refractivity contribution < 1.29 is 4.74 Å². The monoisotopic (exact) mass is 453 g/mol. The summed E-state index contributed by atoms with van der Waals surface area (Å²) in [4.78, 5) is 8.30. The maximum atomic E-state index is 6.23. The van der Waals surface area contributed by atoms with Gasteiger partial charge in [-0.2, -0.15) is 5.10 Å². The van der Waals surface area contributed by atoms with Gasteiger partial charge in [0.25, 0.3) is 0 Å². The fraction of sp³-hybridized carbons (Fsp3) is 0.353. The van der Waals surface area contributed by atoms with Gasteiger partial charge in [0, 0.05) is 26.6 Å². The van der Waals surface area contributed by atoms with Gasteiger partial charge in [0.2, 0.25) is 5.28 Å². The van der Waals surface area contributed by atoms with Crippen molar-refractivity contribution in [2.24, 2.45) is 0 Å². The van der Waals surface area contributed by atoms with Gasteiger partial charge in [-0.1, -0.05) is 25.7 Å². The van der Waals surface area contributed by atoms with Gasteiger partial charge in [-0.25, -0.2) is 14.6 Å². The van der Waals surface area contributed by atoms with Crippen LogP contribution in [0.2, 0.25) is 31.0 Å². The molecule has 1 aromatic carbocycles. The van der Waals surface area contributed by atoms with Gasteiger partial charge in [0.15, 0.2) is 0 Å². The molecule has 0 atom stereocenters. The highest BCUT2D eigenvalue weighted by molar-refractivity contribution is 9.10. The molecule has 3 rings (SSSR count). The molecule has 9 heteroatoms. The minimum absolute atomic E-state index is 0.159. The maximum Gasteiger partial charge on any atom is 0.223 e. The summed E-state index contributed by atoms with van der Waals surface area (Å²) in [7, 11) is -1.13. The van der Waals surface area contributed by atoms with E-state index >= 15 is 0 Å². The van der Waals surface area contributed by atoms with E-state index in [4.69, 9.17) is 27.2 Å². The minimum Gasteiger partial charge on any atom is -0.398 e. The van der Waals surface area contributed by atoms with Gasteiger partial charge in [-0.3, -0.25) is 0 Å². The van der Waals surface area contributed by atoms with Crippen LogP contribution in [0, 0.1) is 0 Å². The average Bonchev–Trinajstić information content (AvgIpc) is 2.93. The first kappa shape index (κ1) is 19.3. The van der Waals surface area contributed by atoms with Crippen LogP contribution in [0.25, 0.3) is 22.3 Å². The smallest absolute Gasteiger partial charge is 0.223 e. The third-order valence-corrected chi connectivity index (χ3v) is 6.43. The summed E-state index contributed by atoms with van der Waals surface area (Å²) in [5, 5.41) is 5.69. The van der Waals surface area contributed by atoms with Gasteiger partial charge in [0.05, 0.1) is 15.4 Å². The van der Waals surface area contributed by atoms with E-state index in [9.17, 15) is 0 Å². The molecule has 3 aromatic rings. The lowest BCUT2D eigenvalue weighted by Crippen LogP contribution is -2.22. The van der Waals surface area contributed by atoms with E-state index in [-0.39, 0.29) is 5.28 Å². The fourth-order valence-corrected chi connectivity index (χ4v) is 3.83. The number of nitrogen functional groups attached to an aromatic ring is 1. The van der Waals surface area contributed by atoms with Gasteiger partial charge in [-0.15, -0.1) is 0 Å². The molecule has 2 aromatic heterocycles. The molecule has 0 aliphatic heterocycles. The van der Waals surface area contributed by atoms with Crippen LogP contribution in [0.1, 0.15) is 0 Å². The Balaban J connectivity index is 1.98. The van der Waals surface area contributed by atoms with Crippen molar-refractivity contribution in [2.45, 2.75) is 32.4 Å². The van der Waals surface area contributed by atoms with Crippen LogP contribution in [0.3, 0.4) is 0 Å². The molecule has 2 heterocycles. The van der Waals surface area contributed by atoms with E-state index in [2.05, 4.69) is 45.5 Å². The Morgan fingerprint density at radius 1 is 1.27 bits per heavy atom. The van der Waals surface area contributed by atoms with Gasteiger partial charge < -0.3 is 10.5 Å². The topological polar surface area (TPSA) is 78.8 Å². The number of nitrogens with two attached hydrogens (primary N) is 1. The summed E-state index contributed by atoms with van der Waals surface area (Å²) in [6.07, 6.45) is 1.61. The van der Waals surface area contributed by atoms with Crippen molar-refractivity contribution in [3.63, 3.8) is 0 Å². The van der Waals surface area contributed by atoms with E-state index < -0.39 is 8.07 Å². The molecule has 0 aliphatic carbocycles. The molecule has 0 saturated heterocycles. The van der Waals surface area contributed by atoms with Crippen molar-refractivity contribution in [2.75, 3.05) is 12.3 Å². The number of nitrogens with zero attached hydrogens (tertiary/aromatic N) is 4.